The maximum Gasteiger partial charge on any atom is 0.241 e. The van der Waals surface area contributed by atoms with Gasteiger partial charge in [-0.15, -0.1) is 0 Å². The zero-order chi connectivity index (χ0) is 7.40. The first kappa shape index (κ1) is 7.55. The van der Waals surface area contributed by atoms with Crippen LogP contribution in [0, 0.1) is 10.1 Å². The van der Waals surface area contributed by atoms with Gasteiger partial charge in [-0.1, -0.05) is 10.8 Å². The van der Waals surface area contributed by atoms with Crippen LogP contribution < -0.4 is 0 Å². The quantitative estimate of drug-likeness (QED) is 0.279. The van der Waals surface area contributed by atoms with Crippen LogP contribution in [0.25, 0.3) is 0 Å². The summed E-state index contributed by atoms with van der Waals surface area (Å²) in [7, 11) is 2.92. The predicted molar refractivity (Wildman–Crippen MR) is 40.0 cm³/mol. The summed E-state index contributed by atoms with van der Waals surface area (Å²) in [6.45, 7) is 0. The van der Waals surface area contributed by atoms with Gasteiger partial charge in [0.25, 0.3) is 0 Å². The van der Waals surface area contributed by atoms with Crippen LogP contribution in [-0.4, -0.2) is 10.4 Å². The van der Waals surface area contributed by atoms with E-state index in [0.717, 1.165) is 0 Å². The predicted octanol–water partition coefficient (Wildman–Crippen LogP) is 1.87. The zero-order valence-electron chi connectivity index (χ0n) is 4.71. The molecule has 0 saturated carbocycles. The Morgan fingerprint density at radius 1 is 1.70 bits per heavy atom. The number of nitro groups is 1. The maximum absolute atomic E-state index is 9.66. The lowest BCUT2D eigenvalue weighted by Gasteiger charge is -1.84. The first-order valence-electron chi connectivity index (χ1n) is 2.33. The molecule has 0 saturated heterocycles. The normalized spacial score (nSPS) is 24.2. The van der Waals surface area contributed by atoms with E-state index >= 15 is 0 Å². The summed E-state index contributed by atoms with van der Waals surface area (Å²) >= 11 is 0. The van der Waals surface area contributed by atoms with Crippen LogP contribution in [0.4, 0.5) is 0 Å². The largest absolute Gasteiger partial charge is 0.337 e. The summed E-state index contributed by atoms with van der Waals surface area (Å²) in [5.41, 5.74) is 0. The van der Waals surface area contributed by atoms with E-state index in [1.807, 2.05) is 5.41 Å². The van der Waals surface area contributed by atoms with Crippen LogP contribution in [0.15, 0.2) is 21.8 Å². The van der Waals surface area contributed by atoms with E-state index in [9.17, 15) is 10.1 Å². The monoisotopic (exact) mass is 177 g/mol. The molecule has 1 rings (SSSR count). The zero-order valence-corrected chi connectivity index (χ0v) is 6.34. The molecule has 0 radical (unpaired) electrons. The summed E-state index contributed by atoms with van der Waals surface area (Å²) in [4.78, 5) is 9.66. The Hall–Kier alpha value is -0.560. The van der Waals surface area contributed by atoms with Gasteiger partial charge in [0.15, 0.2) is 5.22 Å². The first-order valence-corrected chi connectivity index (χ1v) is 4.60. The lowest BCUT2D eigenvalue weighted by molar-refractivity contribution is -0.494. The third kappa shape index (κ3) is 2.36. The Balaban J connectivity index is 2.37. The van der Waals surface area contributed by atoms with Gasteiger partial charge in [-0.2, -0.15) is 0 Å². The van der Waals surface area contributed by atoms with Crippen molar-refractivity contribution in [2.45, 2.75) is 5.37 Å². The summed E-state index contributed by atoms with van der Waals surface area (Å²) in [5, 5.41) is 16.7. The fraction of sp³-hybridized carbons (Fsp3) is 0.333. The highest BCUT2D eigenvalue weighted by molar-refractivity contribution is 8.78. The van der Waals surface area contributed by atoms with Gasteiger partial charge in [0.1, 0.15) is 0 Å². The van der Waals surface area contributed by atoms with Gasteiger partial charge in [0.2, 0.25) is 5.37 Å². The van der Waals surface area contributed by atoms with E-state index in [4.69, 9.17) is 0 Å². The van der Waals surface area contributed by atoms with Gasteiger partial charge in [-0.3, -0.25) is 0 Å². The van der Waals surface area contributed by atoms with Gasteiger partial charge in [-0.25, -0.2) is 0 Å². The van der Waals surface area contributed by atoms with Crippen LogP contribution in [0.3, 0.4) is 0 Å². The van der Waals surface area contributed by atoms with Crippen molar-refractivity contribution in [1.29, 1.82) is 0 Å². The smallest absolute Gasteiger partial charge is 0.241 e. The molecule has 7 heteroatoms. The molecule has 1 heterocycles. The van der Waals surface area contributed by atoms with Crippen LogP contribution in [0.2, 0.25) is 0 Å². The Labute approximate surface area is 64.5 Å². The maximum atomic E-state index is 9.66. The van der Waals surface area contributed by atoms with E-state index in [-0.39, 0.29) is 5.37 Å². The molecule has 0 amide bonds. The summed E-state index contributed by atoms with van der Waals surface area (Å²) in [6, 6.07) is 0. The minimum atomic E-state index is -0.808. The molecule has 5 nitrogen and oxygen atoms in total. The molecule has 0 aromatic rings. The van der Waals surface area contributed by atoms with Crippen molar-refractivity contribution in [1.82, 2.24) is 0 Å². The van der Waals surface area contributed by atoms with E-state index < -0.39 is 5.03 Å². The highest BCUT2D eigenvalue weighted by atomic mass is 33.1. The van der Waals surface area contributed by atoms with E-state index in [2.05, 4.69) is 10.3 Å². The third-order valence-corrected chi connectivity index (χ3v) is 2.78. The average Bonchev–Trinajstić information content (AvgIpc) is 2.34. The first-order chi connectivity index (χ1) is 4.79. The molecule has 10 heavy (non-hydrogen) atoms. The van der Waals surface area contributed by atoms with E-state index in [0.29, 0.717) is 0 Å². The van der Waals surface area contributed by atoms with Gasteiger partial charge in [-0.05, 0) is 22.3 Å². The Morgan fingerprint density at radius 3 is 3.00 bits per heavy atom. The molecule has 1 aliphatic rings. The van der Waals surface area contributed by atoms with Gasteiger partial charge in [0.05, 0.1) is 10.1 Å². The summed E-state index contributed by atoms with van der Waals surface area (Å²) in [6.07, 6.45) is 1.75. The number of nitrogens with zero attached hydrogens (tertiary/aromatic N) is 3. The molecule has 54 valence electrons. The number of hydrogen-bond donors (Lipinski definition) is 0. The fourth-order valence-corrected chi connectivity index (χ4v) is 2.12. The number of hydrogen-bond acceptors (Lipinski definition) is 5. The van der Waals surface area contributed by atoms with E-state index in [1.54, 1.807) is 6.08 Å². The minimum Gasteiger partial charge on any atom is -0.337 e. The second-order valence-corrected chi connectivity index (χ2v) is 3.65. The Kier molecular flexibility index (Phi) is 2.69. The van der Waals surface area contributed by atoms with Crippen LogP contribution >= 0.6 is 21.6 Å². The van der Waals surface area contributed by atoms with E-state index in [1.165, 1.54) is 21.6 Å². The highest BCUT2D eigenvalue weighted by Crippen LogP contribution is 2.35. The fourth-order valence-electron chi connectivity index (χ4n) is 0.371. The number of rotatable bonds is 2. The summed E-state index contributed by atoms with van der Waals surface area (Å²) < 4.78 is 0. The lowest BCUT2D eigenvalue weighted by Crippen LogP contribution is -1.89. The van der Waals surface area contributed by atoms with Crippen molar-refractivity contribution in [3.8, 4) is 0 Å². The molecule has 1 atom stereocenters. The highest BCUT2D eigenvalue weighted by Gasteiger charge is 2.14. The van der Waals surface area contributed by atoms with Gasteiger partial charge in [0, 0.05) is 0 Å². The molecule has 0 aromatic heterocycles. The van der Waals surface area contributed by atoms with Crippen molar-refractivity contribution in [3.05, 3.63) is 21.6 Å². The van der Waals surface area contributed by atoms with Crippen LogP contribution in [0.1, 0.15) is 0 Å². The Bertz CT molecular complexity index is 192. The van der Waals surface area contributed by atoms with Crippen molar-refractivity contribution in [2.24, 2.45) is 10.3 Å². The molecule has 0 aromatic carbocycles. The van der Waals surface area contributed by atoms with Gasteiger partial charge >= 0.3 is 0 Å². The molecule has 1 unspecified atom stereocenters. The third-order valence-electron chi connectivity index (χ3n) is 0.691. The Morgan fingerprint density at radius 2 is 2.50 bits per heavy atom. The minimum absolute atomic E-state index is 0.185. The van der Waals surface area contributed by atoms with Crippen LogP contribution in [-0.2, 0) is 0 Å². The van der Waals surface area contributed by atoms with Crippen molar-refractivity contribution >= 4 is 21.6 Å². The second-order valence-electron chi connectivity index (χ2n) is 1.35. The van der Waals surface area contributed by atoms with Crippen LogP contribution in [0.5, 0.6) is 0 Å². The van der Waals surface area contributed by atoms with Gasteiger partial charge < -0.3 is 10.1 Å². The lowest BCUT2D eigenvalue weighted by atomic mass is 10.6. The molecule has 0 aliphatic carbocycles. The molecule has 0 bridgehead atoms. The second kappa shape index (κ2) is 3.57. The topological polar surface area (TPSA) is 67.9 Å². The molecule has 0 spiro atoms. The van der Waals surface area contributed by atoms with Crippen molar-refractivity contribution in [3.63, 3.8) is 0 Å². The molecule has 0 N–H and O–H groups in total. The standard InChI is InChI=1S/C3H3N3O2S2/c7-6(8)5-4-3-1-2-9-10-3/h1-3H. The SMILES string of the molecule is O=[N+]([O-])N=NC1C=CSS1. The molecular formula is C3H3N3O2S2. The molecule has 1 aliphatic heterocycles. The van der Waals surface area contributed by atoms with Crippen molar-refractivity contribution in [2.75, 3.05) is 0 Å². The average molecular weight is 177 g/mol. The van der Waals surface area contributed by atoms with Crippen molar-refractivity contribution < 1.29 is 5.03 Å². The molecule has 0 fully saturated rings. The summed E-state index contributed by atoms with van der Waals surface area (Å²) in [5.74, 6) is 0. The molecular weight excluding hydrogens is 174 g/mol.